The number of aliphatic hydroxyl groups excluding tert-OH is 1. The second-order valence-electron chi connectivity index (χ2n) is 9.63. The van der Waals surface area contributed by atoms with Gasteiger partial charge in [-0.1, -0.05) is 23.8 Å². The number of ether oxygens (including phenoxy) is 2. The first-order valence-electron chi connectivity index (χ1n) is 11.3. The first kappa shape index (κ1) is 21.1. The van der Waals surface area contributed by atoms with Gasteiger partial charge in [-0.05, 0) is 44.0 Å². The van der Waals surface area contributed by atoms with Crippen molar-refractivity contribution in [2.24, 2.45) is 11.8 Å². The van der Waals surface area contributed by atoms with E-state index in [0.717, 1.165) is 11.1 Å². The van der Waals surface area contributed by atoms with Crippen LogP contribution in [0.1, 0.15) is 29.2 Å². The van der Waals surface area contributed by atoms with Gasteiger partial charge < -0.3 is 19.9 Å². The van der Waals surface area contributed by atoms with Crippen molar-refractivity contribution in [3.8, 4) is 11.5 Å². The summed E-state index contributed by atoms with van der Waals surface area (Å²) in [5.74, 6) is -1.84. The molecule has 1 spiro atoms. The van der Waals surface area contributed by atoms with E-state index in [9.17, 15) is 19.5 Å². The Labute approximate surface area is 196 Å². The van der Waals surface area contributed by atoms with Crippen molar-refractivity contribution in [2.45, 2.75) is 45.0 Å². The summed E-state index contributed by atoms with van der Waals surface area (Å²) < 4.78 is 10.8. The van der Waals surface area contributed by atoms with Crippen molar-refractivity contribution >= 4 is 23.4 Å². The number of aryl methyl sites for hydroxylation is 2. The van der Waals surface area contributed by atoms with Gasteiger partial charge in [0, 0.05) is 17.3 Å². The number of imide groups is 1. The van der Waals surface area contributed by atoms with Gasteiger partial charge in [0.05, 0.1) is 24.5 Å². The molecule has 0 aromatic heterocycles. The van der Waals surface area contributed by atoms with Crippen LogP contribution in [0.15, 0.2) is 30.3 Å². The lowest BCUT2D eigenvalue weighted by atomic mass is 9.75. The maximum Gasteiger partial charge on any atom is 0.250 e. The number of aliphatic hydroxyl groups is 1. The largest absolute Gasteiger partial charge is 0.454 e. The molecule has 176 valence electrons. The molecule has 0 aliphatic carbocycles. The monoisotopic (exact) mass is 463 g/mol. The first-order valence-corrected chi connectivity index (χ1v) is 11.3. The Morgan fingerprint density at radius 3 is 2.65 bits per heavy atom. The van der Waals surface area contributed by atoms with Gasteiger partial charge in [0.2, 0.25) is 24.5 Å². The van der Waals surface area contributed by atoms with Crippen molar-refractivity contribution in [1.29, 1.82) is 0 Å². The smallest absolute Gasteiger partial charge is 0.250 e. The topological polar surface area (TPSA) is 117 Å². The highest BCUT2D eigenvalue weighted by Crippen LogP contribution is 2.54. The number of benzene rings is 2. The van der Waals surface area contributed by atoms with E-state index >= 15 is 0 Å². The highest BCUT2D eigenvalue weighted by molar-refractivity contribution is 6.15. The third-order valence-electron chi connectivity index (χ3n) is 7.49. The van der Waals surface area contributed by atoms with Gasteiger partial charge in [0.15, 0.2) is 11.5 Å². The highest BCUT2D eigenvalue weighted by atomic mass is 16.7. The molecule has 9 nitrogen and oxygen atoms in total. The van der Waals surface area contributed by atoms with E-state index in [0.29, 0.717) is 28.3 Å². The summed E-state index contributed by atoms with van der Waals surface area (Å²) >= 11 is 0. The fraction of sp³-hybridized carbons (Fsp3) is 0.400. The minimum absolute atomic E-state index is 0.0469. The summed E-state index contributed by atoms with van der Waals surface area (Å²) in [6.45, 7) is 5.57. The minimum atomic E-state index is -1.42. The van der Waals surface area contributed by atoms with Crippen LogP contribution in [0.4, 0.5) is 5.69 Å². The molecule has 9 heteroatoms. The summed E-state index contributed by atoms with van der Waals surface area (Å²) in [5, 5.41) is 16.7. The molecule has 2 saturated heterocycles. The summed E-state index contributed by atoms with van der Waals surface area (Å²) in [5.41, 5.74) is 2.42. The van der Waals surface area contributed by atoms with Gasteiger partial charge >= 0.3 is 0 Å². The molecule has 0 radical (unpaired) electrons. The highest BCUT2D eigenvalue weighted by Gasteiger charge is 2.71. The van der Waals surface area contributed by atoms with Crippen LogP contribution in [0.5, 0.6) is 11.5 Å². The van der Waals surface area contributed by atoms with E-state index in [1.54, 1.807) is 25.1 Å². The van der Waals surface area contributed by atoms with Gasteiger partial charge in [0.1, 0.15) is 5.54 Å². The summed E-state index contributed by atoms with van der Waals surface area (Å²) in [7, 11) is 0. The van der Waals surface area contributed by atoms with Crippen molar-refractivity contribution < 1.29 is 29.0 Å². The molecule has 4 heterocycles. The lowest BCUT2D eigenvalue weighted by molar-refractivity contribution is -0.143. The van der Waals surface area contributed by atoms with E-state index in [4.69, 9.17) is 9.47 Å². The van der Waals surface area contributed by atoms with E-state index in [1.165, 1.54) is 4.90 Å². The predicted octanol–water partition coefficient (Wildman–Crippen LogP) is 1.33. The van der Waals surface area contributed by atoms with Crippen LogP contribution in [0.2, 0.25) is 0 Å². The Morgan fingerprint density at radius 1 is 1.12 bits per heavy atom. The predicted molar refractivity (Wildman–Crippen MR) is 120 cm³/mol. The molecule has 0 bridgehead atoms. The molecule has 2 aromatic rings. The zero-order valence-electron chi connectivity index (χ0n) is 19.0. The average Bonchev–Trinajstić information content (AvgIpc) is 3.51. The Hall–Kier alpha value is -3.43. The van der Waals surface area contributed by atoms with Gasteiger partial charge in [-0.2, -0.15) is 0 Å². The number of hydrogen-bond acceptors (Lipinski definition) is 7. The van der Waals surface area contributed by atoms with Gasteiger partial charge in [0.25, 0.3) is 0 Å². The van der Waals surface area contributed by atoms with Crippen LogP contribution in [0.25, 0.3) is 0 Å². The standard InChI is InChI=1S/C25H25N3O6/c1-11-6-12(2)20-15(7-11)25(24(32)26-20)19-18(21(27-25)13(3)29)22(30)28(23(19)31)9-14-4-5-16-17(8-14)34-10-33-16/h4-8,13,18-19,21,27,29H,9-10H2,1-3H3,(H,26,32)/t13-,18+,19-,21-,25+/m1/s1. The lowest BCUT2D eigenvalue weighted by Crippen LogP contribution is -2.54. The Balaban J connectivity index is 1.44. The molecule has 2 fully saturated rings. The van der Waals surface area contributed by atoms with E-state index in [-0.39, 0.29) is 19.2 Å². The number of carbonyl (C=O) groups excluding carboxylic acids is 3. The normalized spacial score (nSPS) is 29.6. The molecule has 3 N–H and O–H groups in total. The number of rotatable bonds is 3. The first-order chi connectivity index (χ1) is 16.2. The molecule has 4 aliphatic rings. The van der Waals surface area contributed by atoms with E-state index in [2.05, 4.69) is 10.6 Å². The van der Waals surface area contributed by atoms with Crippen LogP contribution < -0.4 is 20.1 Å². The quantitative estimate of drug-likeness (QED) is 0.588. The van der Waals surface area contributed by atoms with E-state index in [1.807, 2.05) is 26.0 Å². The molecule has 0 unspecified atom stereocenters. The van der Waals surface area contributed by atoms with Gasteiger partial charge in [-0.25, -0.2) is 0 Å². The summed E-state index contributed by atoms with van der Waals surface area (Å²) in [6, 6.07) is 8.38. The average molecular weight is 463 g/mol. The fourth-order valence-corrected chi connectivity index (χ4v) is 6.04. The molecule has 6 rings (SSSR count). The molecule has 3 amide bonds. The number of nitrogens with one attached hydrogen (secondary N) is 2. The van der Waals surface area contributed by atoms with Crippen molar-refractivity contribution in [2.75, 3.05) is 12.1 Å². The van der Waals surface area contributed by atoms with E-state index < -0.39 is 41.3 Å². The van der Waals surface area contributed by atoms with Crippen LogP contribution in [0.3, 0.4) is 0 Å². The second kappa shape index (κ2) is 7.04. The number of carbonyl (C=O) groups is 3. The fourth-order valence-electron chi connectivity index (χ4n) is 6.04. The molecular formula is C25H25N3O6. The third-order valence-corrected chi connectivity index (χ3v) is 7.49. The van der Waals surface area contributed by atoms with Crippen LogP contribution >= 0.6 is 0 Å². The molecular weight excluding hydrogens is 438 g/mol. The third kappa shape index (κ3) is 2.65. The van der Waals surface area contributed by atoms with Gasteiger partial charge in [-0.3, -0.25) is 24.6 Å². The van der Waals surface area contributed by atoms with Crippen molar-refractivity contribution in [1.82, 2.24) is 10.2 Å². The molecule has 2 aromatic carbocycles. The number of nitrogens with zero attached hydrogens (tertiary/aromatic N) is 1. The van der Waals surface area contributed by atoms with Gasteiger partial charge in [-0.15, -0.1) is 0 Å². The maximum atomic E-state index is 13.8. The van der Waals surface area contributed by atoms with Crippen molar-refractivity contribution in [3.63, 3.8) is 0 Å². The van der Waals surface area contributed by atoms with Crippen LogP contribution in [-0.4, -0.2) is 46.7 Å². The zero-order valence-corrected chi connectivity index (χ0v) is 19.0. The minimum Gasteiger partial charge on any atom is -0.454 e. The Morgan fingerprint density at radius 2 is 1.88 bits per heavy atom. The van der Waals surface area contributed by atoms with Crippen LogP contribution in [-0.2, 0) is 26.5 Å². The number of fused-ring (bicyclic) bond motifs is 5. The lowest BCUT2D eigenvalue weighted by Gasteiger charge is -2.30. The molecule has 0 saturated carbocycles. The number of hydrogen-bond donors (Lipinski definition) is 3. The summed E-state index contributed by atoms with van der Waals surface area (Å²) in [4.78, 5) is 42.2. The second-order valence-corrected chi connectivity index (χ2v) is 9.63. The van der Waals surface area contributed by atoms with Crippen molar-refractivity contribution in [3.05, 3.63) is 52.6 Å². The summed E-state index contributed by atoms with van der Waals surface area (Å²) in [6.07, 6.45) is -0.947. The van der Waals surface area contributed by atoms with Crippen LogP contribution in [0, 0.1) is 25.7 Å². The molecule has 4 aliphatic heterocycles. The maximum absolute atomic E-state index is 13.8. The Bertz CT molecular complexity index is 1270. The molecule has 34 heavy (non-hydrogen) atoms. The Kier molecular flexibility index (Phi) is 4.37. The SMILES string of the molecule is Cc1cc(C)c2c(c1)[C@@]1(N[C@H]([C@@H](C)O)[C@H]3C(=O)N(Cc4ccc5c(c4)OCO5)C(=O)[C@@H]31)C(=O)N2. The number of amides is 3. The molecule has 5 atom stereocenters. The number of likely N-dealkylation sites (tertiary alicyclic amines) is 1. The number of anilines is 1. The zero-order chi connectivity index (χ0) is 23.9.